The molecule has 0 atom stereocenters. The highest BCUT2D eigenvalue weighted by molar-refractivity contribution is 7.25. The Kier molecular flexibility index (Phi) is 5.61. The van der Waals surface area contributed by atoms with E-state index in [0.717, 1.165) is 27.5 Å². The van der Waals surface area contributed by atoms with Gasteiger partial charge in [-0.1, -0.05) is 103 Å². The van der Waals surface area contributed by atoms with Gasteiger partial charge < -0.3 is 0 Å². The minimum Gasteiger partial charge on any atom is -0.252 e. The van der Waals surface area contributed by atoms with Crippen molar-refractivity contribution < 1.29 is 0 Å². The van der Waals surface area contributed by atoms with Crippen molar-refractivity contribution in [1.82, 2.24) is 19.9 Å². The largest absolute Gasteiger partial charge is 0.252 e. The Labute approximate surface area is 240 Å². The van der Waals surface area contributed by atoms with Crippen molar-refractivity contribution in [3.63, 3.8) is 0 Å². The summed E-state index contributed by atoms with van der Waals surface area (Å²) in [5.41, 5.74) is 5.00. The molecule has 0 aliphatic heterocycles. The SMILES string of the molecule is c1ccc(-c2ccc3cc(-c4nc(-c5ccccc5)nc(-c5cccc6sc7ccccc7c56)n4)ncc3c2)cc1. The highest BCUT2D eigenvalue weighted by Gasteiger charge is 2.17. The number of benzene rings is 5. The zero-order chi connectivity index (χ0) is 27.2. The van der Waals surface area contributed by atoms with Gasteiger partial charge in [0.2, 0.25) is 0 Å². The lowest BCUT2D eigenvalue weighted by Gasteiger charge is -2.10. The second-order valence-corrected chi connectivity index (χ2v) is 11.0. The molecule has 0 N–H and O–H groups in total. The quantitative estimate of drug-likeness (QED) is 0.222. The molecule has 0 unspecified atom stereocenters. The maximum absolute atomic E-state index is 5.03. The Morgan fingerprint density at radius 3 is 2.02 bits per heavy atom. The summed E-state index contributed by atoms with van der Waals surface area (Å²) in [7, 11) is 0. The van der Waals surface area contributed by atoms with Crippen molar-refractivity contribution in [3.8, 4) is 45.4 Å². The molecule has 0 aliphatic rings. The van der Waals surface area contributed by atoms with Crippen molar-refractivity contribution in [1.29, 1.82) is 0 Å². The number of pyridine rings is 1. The standard InChI is InChI=1S/C36H22N4S/c1-3-10-23(11-4-1)25-18-19-26-21-30(37-22-27(26)20-25)36-39-34(24-12-5-2-6-13-24)38-35(40-36)29-15-9-17-32-33(29)28-14-7-8-16-31(28)41-32/h1-22H. The van der Waals surface area contributed by atoms with E-state index in [1.165, 1.54) is 25.7 Å². The highest BCUT2D eigenvalue weighted by Crippen LogP contribution is 2.39. The van der Waals surface area contributed by atoms with E-state index >= 15 is 0 Å². The van der Waals surface area contributed by atoms with Crippen LogP contribution >= 0.6 is 11.3 Å². The summed E-state index contributed by atoms with van der Waals surface area (Å²) in [4.78, 5) is 19.8. The molecule has 0 spiro atoms. The van der Waals surface area contributed by atoms with Crippen molar-refractivity contribution in [2.75, 3.05) is 0 Å². The molecule has 0 amide bonds. The summed E-state index contributed by atoms with van der Waals surface area (Å²) >= 11 is 1.79. The monoisotopic (exact) mass is 542 g/mol. The predicted octanol–water partition coefficient (Wildman–Crippen LogP) is 9.46. The van der Waals surface area contributed by atoms with Gasteiger partial charge in [-0.15, -0.1) is 11.3 Å². The molecule has 192 valence electrons. The second-order valence-electron chi connectivity index (χ2n) is 9.95. The van der Waals surface area contributed by atoms with E-state index < -0.39 is 0 Å². The molecule has 0 saturated heterocycles. The fraction of sp³-hybridized carbons (Fsp3) is 0. The molecule has 4 nitrogen and oxygen atoms in total. The summed E-state index contributed by atoms with van der Waals surface area (Å²) in [5, 5.41) is 4.54. The molecule has 0 bridgehead atoms. The van der Waals surface area contributed by atoms with Crippen LogP contribution in [0.3, 0.4) is 0 Å². The van der Waals surface area contributed by atoms with Crippen LogP contribution in [0.1, 0.15) is 0 Å². The molecule has 0 radical (unpaired) electrons. The van der Waals surface area contributed by atoms with Crippen LogP contribution in [0.5, 0.6) is 0 Å². The maximum atomic E-state index is 5.03. The Hall–Kier alpha value is -5.26. The number of rotatable bonds is 4. The molecular formula is C36H22N4S. The lowest BCUT2D eigenvalue weighted by atomic mass is 10.0. The van der Waals surface area contributed by atoms with Crippen LogP contribution in [-0.4, -0.2) is 19.9 Å². The normalized spacial score (nSPS) is 11.4. The van der Waals surface area contributed by atoms with Gasteiger partial charge in [0.15, 0.2) is 17.5 Å². The molecule has 5 heteroatoms. The van der Waals surface area contributed by atoms with Crippen molar-refractivity contribution in [3.05, 3.63) is 134 Å². The number of nitrogens with zero attached hydrogens (tertiary/aromatic N) is 4. The van der Waals surface area contributed by atoms with Gasteiger partial charge in [0.25, 0.3) is 0 Å². The summed E-state index contributed by atoms with van der Waals surface area (Å²) in [6, 6.07) is 43.9. The minimum absolute atomic E-state index is 0.555. The van der Waals surface area contributed by atoms with Crippen LogP contribution in [0, 0.1) is 0 Å². The van der Waals surface area contributed by atoms with Crippen LogP contribution in [-0.2, 0) is 0 Å². The summed E-state index contributed by atoms with van der Waals surface area (Å²) in [5.74, 6) is 1.83. The highest BCUT2D eigenvalue weighted by atomic mass is 32.1. The number of fused-ring (bicyclic) bond motifs is 4. The van der Waals surface area contributed by atoms with Gasteiger partial charge in [0.05, 0.1) is 0 Å². The third kappa shape index (κ3) is 4.24. The molecule has 0 saturated carbocycles. The summed E-state index contributed by atoms with van der Waals surface area (Å²) < 4.78 is 2.46. The van der Waals surface area contributed by atoms with Gasteiger partial charge in [-0.3, -0.25) is 4.98 Å². The lowest BCUT2D eigenvalue weighted by Crippen LogP contribution is -2.01. The zero-order valence-electron chi connectivity index (χ0n) is 21.9. The Morgan fingerprint density at radius 1 is 0.463 bits per heavy atom. The van der Waals surface area contributed by atoms with Crippen LogP contribution in [0.2, 0.25) is 0 Å². The van der Waals surface area contributed by atoms with E-state index in [4.69, 9.17) is 19.9 Å². The smallest absolute Gasteiger partial charge is 0.182 e. The van der Waals surface area contributed by atoms with Gasteiger partial charge in [-0.25, -0.2) is 15.0 Å². The molecule has 8 rings (SSSR count). The average molecular weight is 543 g/mol. The maximum Gasteiger partial charge on any atom is 0.182 e. The fourth-order valence-corrected chi connectivity index (χ4v) is 6.49. The van der Waals surface area contributed by atoms with Gasteiger partial charge in [-0.05, 0) is 40.8 Å². The van der Waals surface area contributed by atoms with Gasteiger partial charge in [-0.2, -0.15) is 0 Å². The molecule has 3 heterocycles. The van der Waals surface area contributed by atoms with E-state index in [1.807, 2.05) is 42.6 Å². The molecule has 0 fully saturated rings. The molecule has 8 aromatic rings. The summed E-state index contributed by atoms with van der Waals surface area (Å²) in [6.07, 6.45) is 1.91. The van der Waals surface area contributed by atoms with Gasteiger partial charge in [0, 0.05) is 42.9 Å². The van der Waals surface area contributed by atoms with Crippen LogP contribution in [0.25, 0.3) is 76.4 Å². The zero-order valence-corrected chi connectivity index (χ0v) is 22.7. The minimum atomic E-state index is 0.555. The van der Waals surface area contributed by atoms with Crippen LogP contribution < -0.4 is 0 Å². The first-order valence-corrected chi connectivity index (χ1v) is 14.3. The molecule has 5 aromatic carbocycles. The summed E-state index contributed by atoms with van der Waals surface area (Å²) in [6.45, 7) is 0. The first-order valence-electron chi connectivity index (χ1n) is 13.5. The van der Waals surface area contributed by atoms with E-state index in [0.29, 0.717) is 23.2 Å². The lowest BCUT2D eigenvalue weighted by molar-refractivity contribution is 1.06. The number of hydrogen-bond donors (Lipinski definition) is 0. The van der Waals surface area contributed by atoms with Gasteiger partial charge >= 0.3 is 0 Å². The fourth-order valence-electron chi connectivity index (χ4n) is 5.36. The van der Waals surface area contributed by atoms with E-state index in [9.17, 15) is 0 Å². The number of thiophene rings is 1. The molecule has 0 aliphatic carbocycles. The van der Waals surface area contributed by atoms with Crippen LogP contribution in [0.15, 0.2) is 134 Å². The predicted molar refractivity (Wildman–Crippen MR) is 170 cm³/mol. The molecule has 3 aromatic heterocycles. The van der Waals surface area contributed by atoms with Crippen molar-refractivity contribution >= 4 is 42.3 Å². The second kappa shape index (κ2) is 9.73. The first kappa shape index (κ1) is 23.6. The average Bonchev–Trinajstić information content (AvgIpc) is 3.44. The van der Waals surface area contributed by atoms with E-state index in [2.05, 4.69) is 91.0 Å². The van der Waals surface area contributed by atoms with Crippen molar-refractivity contribution in [2.24, 2.45) is 0 Å². The van der Waals surface area contributed by atoms with Crippen molar-refractivity contribution in [2.45, 2.75) is 0 Å². The Balaban J connectivity index is 1.31. The Bertz CT molecular complexity index is 2210. The van der Waals surface area contributed by atoms with Gasteiger partial charge in [0.1, 0.15) is 5.69 Å². The van der Waals surface area contributed by atoms with E-state index in [1.54, 1.807) is 11.3 Å². The number of hydrogen-bond acceptors (Lipinski definition) is 5. The topological polar surface area (TPSA) is 51.6 Å². The van der Waals surface area contributed by atoms with E-state index in [-0.39, 0.29) is 0 Å². The number of aromatic nitrogens is 4. The van der Waals surface area contributed by atoms with Crippen LogP contribution in [0.4, 0.5) is 0 Å². The third-order valence-corrected chi connectivity index (χ3v) is 8.50. The Morgan fingerprint density at radius 2 is 1.17 bits per heavy atom. The molecular weight excluding hydrogens is 520 g/mol. The third-order valence-electron chi connectivity index (χ3n) is 7.37. The first-order chi connectivity index (χ1) is 20.3. The molecule has 41 heavy (non-hydrogen) atoms.